The molecule has 0 radical (unpaired) electrons. The molecule has 0 aliphatic carbocycles. The van der Waals surface area contributed by atoms with E-state index >= 15 is 0 Å². The summed E-state index contributed by atoms with van der Waals surface area (Å²) in [4.78, 5) is 11.9. The molecule has 6 heteroatoms. The number of carbonyl (C=O) groups excluding carboxylic acids is 1. The SMILES string of the molecule is CCCCOCCCNC(=O)c1ccc(CS(C)(=O)=O)cc1. The van der Waals surface area contributed by atoms with Gasteiger partial charge in [0.1, 0.15) is 0 Å². The molecule has 124 valence electrons. The van der Waals surface area contributed by atoms with Crippen LogP contribution in [0.4, 0.5) is 0 Å². The molecule has 0 saturated heterocycles. The Labute approximate surface area is 133 Å². The number of ether oxygens (including phenoxy) is 1. The molecule has 0 aliphatic rings. The van der Waals surface area contributed by atoms with Gasteiger partial charge in [0.15, 0.2) is 9.84 Å². The number of amides is 1. The van der Waals surface area contributed by atoms with E-state index in [1.54, 1.807) is 24.3 Å². The molecule has 5 nitrogen and oxygen atoms in total. The van der Waals surface area contributed by atoms with Crippen LogP contribution in [0.3, 0.4) is 0 Å². The standard InChI is InChI=1S/C16H25NO4S/c1-3-4-11-21-12-5-10-17-16(18)15-8-6-14(7-9-15)13-22(2,19)20/h6-9H,3-5,10-13H2,1-2H3,(H,17,18). The van der Waals surface area contributed by atoms with Gasteiger partial charge in [-0.2, -0.15) is 0 Å². The second-order valence-corrected chi connectivity index (χ2v) is 7.48. The Morgan fingerprint density at radius 3 is 2.36 bits per heavy atom. The van der Waals surface area contributed by atoms with Crippen LogP contribution < -0.4 is 5.32 Å². The van der Waals surface area contributed by atoms with Crippen LogP contribution in [0.15, 0.2) is 24.3 Å². The molecule has 0 spiro atoms. The van der Waals surface area contributed by atoms with Crippen molar-refractivity contribution in [1.82, 2.24) is 5.32 Å². The fourth-order valence-corrected chi connectivity index (χ4v) is 2.68. The van der Waals surface area contributed by atoms with Gasteiger partial charge in [-0.05, 0) is 30.5 Å². The van der Waals surface area contributed by atoms with Gasteiger partial charge in [0.05, 0.1) is 5.75 Å². The van der Waals surface area contributed by atoms with Crippen LogP contribution in [0.25, 0.3) is 0 Å². The van der Waals surface area contributed by atoms with E-state index < -0.39 is 9.84 Å². The van der Waals surface area contributed by atoms with Crippen LogP contribution >= 0.6 is 0 Å². The minimum absolute atomic E-state index is 0.00992. The van der Waals surface area contributed by atoms with Crippen molar-refractivity contribution in [3.63, 3.8) is 0 Å². The summed E-state index contributed by atoms with van der Waals surface area (Å²) >= 11 is 0. The first kappa shape index (κ1) is 18.6. The molecule has 1 N–H and O–H groups in total. The Hall–Kier alpha value is -1.40. The maximum absolute atomic E-state index is 11.9. The molecule has 0 aromatic heterocycles. The van der Waals surface area contributed by atoms with Crippen LogP contribution in [-0.4, -0.2) is 40.3 Å². The summed E-state index contributed by atoms with van der Waals surface area (Å²) < 4.78 is 27.8. The number of hydrogen-bond donors (Lipinski definition) is 1. The lowest BCUT2D eigenvalue weighted by Crippen LogP contribution is -2.25. The number of benzene rings is 1. The van der Waals surface area contributed by atoms with Crippen molar-refractivity contribution >= 4 is 15.7 Å². The summed E-state index contributed by atoms with van der Waals surface area (Å²) in [6.45, 7) is 4.10. The molecule has 0 unspecified atom stereocenters. The van der Waals surface area contributed by atoms with E-state index in [2.05, 4.69) is 12.2 Å². The normalized spacial score (nSPS) is 11.4. The van der Waals surface area contributed by atoms with Crippen molar-refractivity contribution < 1.29 is 17.9 Å². The summed E-state index contributed by atoms with van der Waals surface area (Å²) in [7, 11) is -3.05. The van der Waals surface area contributed by atoms with Crippen LogP contribution in [0.1, 0.15) is 42.1 Å². The van der Waals surface area contributed by atoms with Gasteiger partial charge in [-0.25, -0.2) is 8.42 Å². The highest BCUT2D eigenvalue weighted by molar-refractivity contribution is 7.89. The zero-order chi connectivity index (χ0) is 16.4. The predicted molar refractivity (Wildman–Crippen MR) is 87.7 cm³/mol. The second kappa shape index (κ2) is 9.58. The first-order valence-corrected chi connectivity index (χ1v) is 9.61. The van der Waals surface area contributed by atoms with Crippen molar-refractivity contribution in [1.29, 1.82) is 0 Å². The van der Waals surface area contributed by atoms with Gasteiger partial charge in [0.2, 0.25) is 0 Å². The zero-order valence-corrected chi connectivity index (χ0v) is 14.1. The van der Waals surface area contributed by atoms with Gasteiger partial charge in [-0.15, -0.1) is 0 Å². The highest BCUT2D eigenvalue weighted by Crippen LogP contribution is 2.07. The molecule has 22 heavy (non-hydrogen) atoms. The Morgan fingerprint density at radius 2 is 1.77 bits per heavy atom. The van der Waals surface area contributed by atoms with Crippen molar-refractivity contribution in [2.24, 2.45) is 0 Å². The van der Waals surface area contributed by atoms with E-state index in [1.165, 1.54) is 6.26 Å². The van der Waals surface area contributed by atoms with E-state index in [0.717, 1.165) is 25.9 Å². The van der Waals surface area contributed by atoms with Crippen molar-refractivity contribution in [3.8, 4) is 0 Å². The molecule has 0 atom stereocenters. The third-order valence-electron chi connectivity index (χ3n) is 3.04. The topological polar surface area (TPSA) is 72.5 Å². The van der Waals surface area contributed by atoms with Crippen LogP contribution in [-0.2, 0) is 20.3 Å². The Morgan fingerprint density at radius 1 is 1.14 bits per heavy atom. The van der Waals surface area contributed by atoms with Crippen molar-refractivity contribution in [2.75, 3.05) is 26.0 Å². The minimum atomic E-state index is -3.05. The number of sulfone groups is 1. The van der Waals surface area contributed by atoms with Gasteiger partial charge >= 0.3 is 0 Å². The number of rotatable bonds is 10. The van der Waals surface area contributed by atoms with E-state index in [9.17, 15) is 13.2 Å². The number of nitrogens with one attached hydrogen (secondary N) is 1. The molecule has 0 bridgehead atoms. The zero-order valence-electron chi connectivity index (χ0n) is 13.3. The fraction of sp³-hybridized carbons (Fsp3) is 0.562. The molecule has 0 fully saturated rings. The molecule has 1 amide bonds. The van der Waals surface area contributed by atoms with Crippen LogP contribution in [0, 0.1) is 0 Å². The first-order valence-electron chi connectivity index (χ1n) is 7.55. The van der Waals surface area contributed by atoms with E-state index in [1.807, 2.05) is 0 Å². The third-order valence-corrected chi connectivity index (χ3v) is 3.90. The number of hydrogen-bond acceptors (Lipinski definition) is 4. The number of unbranched alkanes of at least 4 members (excludes halogenated alkanes) is 1. The van der Waals surface area contributed by atoms with Crippen LogP contribution in [0.5, 0.6) is 0 Å². The maximum atomic E-state index is 11.9. The van der Waals surface area contributed by atoms with Gasteiger partial charge < -0.3 is 10.1 Å². The predicted octanol–water partition coefficient (Wildman–Crippen LogP) is 2.17. The molecule has 1 rings (SSSR count). The van der Waals surface area contributed by atoms with Crippen LogP contribution in [0.2, 0.25) is 0 Å². The average molecular weight is 327 g/mol. The van der Waals surface area contributed by atoms with E-state index in [-0.39, 0.29) is 11.7 Å². The molecule has 1 aromatic rings. The minimum Gasteiger partial charge on any atom is -0.381 e. The monoisotopic (exact) mass is 327 g/mol. The quantitative estimate of drug-likeness (QED) is 0.669. The maximum Gasteiger partial charge on any atom is 0.251 e. The Kier molecular flexibility index (Phi) is 8.12. The third kappa shape index (κ3) is 8.14. The first-order chi connectivity index (χ1) is 10.4. The summed E-state index contributed by atoms with van der Waals surface area (Å²) in [6, 6.07) is 6.63. The van der Waals surface area contributed by atoms with Gasteiger partial charge in [0, 0.05) is 31.6 Å². The lowest BCUT2D eigenvalue weighted by atomic mass is 10.1. The second-order valence-electron chi connectivity index (χ2n) is 5.34. The average Bonchev–Trinajstić information content (AvgIpc) is 2.45. The fourth-order valence-electron chi connectivity index (χ4n) is 1.88. The molecular weight excluding hydrogens is 302 g/mol. The van der Waals surface area contributed by atoms with E-state index in [4.69, 9.17) is 4.74 Å². The van der Waals surface area contributed by atoms with Crippen molar-refractivity contribution in [3.05, 3.63) is 35.4 Å². The highest BCUT2D eigenvalue weighted by atomic mass is 32.2. The largest absolute Gasteiger partial charge is 0.381 e. The van der Waals surface area contributed by atoms with Gasteiger partial charge in [-0.1, -0.05) is 25.5 Å². The smallest absolute Gasteiger partial charge is 0.251 e. The lowest BCUT2D eigenvalue weighted by Gasteiger charge is -2.07. The summed E-state index contributed by atoms with van der Waals surface area (Å²) in [5.41, 5.74) is 1.22. The van der Waals surface area contributed by atoms with Gasteiger partial charge in [-0.3, -0.25) is 4.79 Å². The summed E-state index contributed by atoms with van der Waals surface area (Å²) in [6.07, 6.45) is 4.15. The molecule has 0 aliphatic heterocycles. The molecule has 1 aromatic carbocycles. The number of carbonyl (C=O) groups is 1. The summed E-state index contributed by atoms with van der Waals surface area (Å²) in [5, 5.41) is 2.82. The Bertz CT molecular complexity index is 552. The lowest BCUT2D eigenvalue weighted by molar-refractivity contribution is 0.0940. The highest BCUT2D eigenvalue weighted by Gasteiger charge is 2.07. The van der Waals surface area contributed by atoms with E-state index in [0.29, 0.717) is 24.3 Å². The molecule has 0 heterocycles. The van der Waals surface area contributed by atoms with Crippen molar-refractivity contribution in [2.45, 2.75) is 31.9 Å². The molecular formula is C16H25NO4S. The summed E-state index contributed by atoms with van der Waals surface area (Å²) in [5.74, 6) is -0.163. The molecule has 0 saturated carbocycles. The Balaban J connectivity index is 2.31. The van der Waals surface area contributed by atoms with Gasteiger partial charge in [0.25, 0.3) is 5.91 Å².